The Morgan fingerprint density at radius 3 is 2.47 bits per heavy atom. The lowest BCUT2D eigenvalue weighted by Gasteiger charge is -2.36. The van der Waals surface area contributed by atoms with Gasteiger partial charge in [-0.3, -0.25) is 14.4 Å². The predicted octanol–water partition coefficient (Wildman–Crippen LogP) is 3.53. The first kappa shape index (κ1) is 22.2. The molecule has 2 aliphatic rings. The molecule has 0 spiro atoms. The van der Waals surface area contributed by atoms with Crippen LogP contribution in [0.2, 0.25) is 0 Å². The van der Waals surface area contributed by atoms with Gasteiger partial charge in [-0.05, 0) is 62.0 Å². The van der Waals surface area contributed by atoms with Crippen LogP contribution in [-0.4, -0.2) is 64.3 Å². The summed E-state index contributed by atoms with van der Waals surface area (Å²) in [5.74, 6) is 0.586. The van der Waals surface area contributed by atoms with E-state index in [0.29, 0.717) is 30.9 Å². The number of benzene rings is 2. The van der Waals surface area contributed by atoms with Crippen molar-refractivity contribution in [2.45, 2.75) is 25.8 Å². The summed E-state index contributed by atoms with van der Waals surface area (Å²) in [5, 5.41) is 4.11. The van der Waals surface area contributed by atoms with Gasteiger partial charge in [0.25, 0.3) is 5.91 Å². The normalized spacial score (nSPS) is 17.6. The number of anilines is 2. The second kappa shape index (κ2) is 8.98. The number of aromatic nitrogens is 2. The number of nitrogens with zero attached hydrogens (tertiary/aromatic N) is 4. The van der Waals surface area contributed by atoms with Crippen molar-refractivity contribution in [1.29, 1.82) is 0 Å². The summed E-state index contributed by atoms with van der Waals surface area (Å²) >= 11 is 5.34. The van der Waals surface area contributed by atoms with Crippen LogP contribution in [0.3, 0.4) is 0 Å². The van der Waals surface area contributed by atoms with Gasteiger partial charge in [0, 0.05) is 49.2 Å². The van der Waals surface area contributed by atoms with Crippen molar-refractivity contribution < 1.29 is 14.4 Å². The van der Waals surface area contributed by atoms with Gasteiger partial charge in [-0.1, -0.05) is 12.1 Å². The average molecular weight is 476 g/mol. The van der Waals surface area contributed by atoms with Gasteiger partial charge in [0.1, 0.15) is 11.9 Å². The zero-order valence-electron chi connectivity index (χ0n) is 18.9. The number of carbonyl (C=O) groups is 3. The highest BCUT2D eigenvalue weighted by molar-refractivity contribution is 7.71. The minimum Gasteiger partial charge on any atom is -0.368 e. The van der Waals surface area contributed by atoms with E-state index in [1.165, 1.54) is 4.57 Å². The Morgan fingerprint density at radius 1 is 1.06 bits per heavy atom. The molecule has 9 heteroatoms. The second-order valence-electron chi connectivity index (χ2n) is 8.64. The number of ketones is 1. The number of piperazine rings is 1. The number of nitrogens with one attached hydrogen (secondary N) is 1. The molecule has 1 fully saturated rings. The molecule has 0 aliphatic carbocycles. The van der Waals surface area contributed by atoms with Gasteiger partial charge in [-0.15, -0.1) is 0 Å². The van der Waals surface area contributed by atoms with Crippen LogP contribution in [0.1, 0.15) is 34.9 Å². The van der Waals surface area contributed by atoms with E-state index in [1.807, 2.05) is 53.4 Å². The van der Waals surface area contributed by atoms with Crippen LogP contribution in [0, 0.1) is 4.77 Å². The monoisotopic (exact) mass is 475 g/mol. The van der Waals surface area contributed by atoms with Crippen LogP contribution >= 0.6 is 12.2 Å². The van der Waals surface area contributed by atoms with E-state index in [0.717, 1.165) is 29.7 Å². The molecule has 2 aliphatic heterocycles. The highest BCUT2D eigenvalue weighted by Gasteiger charge is 2.32. The molecule has 0 saturated carbocycles. The Hall–Kier alpha value is -3.59. The first-order chi connectivity index (χ1) is 16.4. The standard InChI is InChI=1S/C25H25N5O3S/c1-16(31)17-6-8-18(9-7-17)28-12-14-29(15-13-28)22(32)11-10-21-24(33)30-23(26-21)19-4-2-3-5-20(19)27-25(30)34/h2-9,21,26H,10-15H2,1H3. The molecular formula is C25H25N5O3S. The third kappa shape index (κ3) is 4.07. The van der Waals surface area contributed by atoms with Crippen LogP contribution in [-0.2, 0) is 4.79 Å². The molecule has 1 aromatic heterocycles. The minimum atomic E-state index is -0.501. The Bertz CT molecular complexity index is 1340. The molecular weight excluding hydrogens is 450 g/mol. The molecule has 0 radical (unpaired) electrons. The summed E-state index contributed by atoms with van der Waals surface area (Å²) in [6.45, 7) is 4.26. The van der Waals surface area contributed by atoms with Gasteiger partial charge < -0.3 is 15.1 Å². The van der Waals surface area contributed by atoms with Crippen molar-refractivity contribution >= 4 is 52.2 Å². The maximum Gasteiger partial charge on any atom is 0.257 e. The highest BCUT2D eigenvalue weighted by Crippen LogP contribution is 2.29. The number of hydrogen-bond donors (Lipinski definition) is 1. The molecule has 1 amide bonds. The van der Waals surface area contributed by atoms with E-state index in [-0.39, 0.29) is 28.8 Å². The summed E-state index contributed by atoms with van der Waals surface area (Å²) in [4.78, 5) is 45.7. The lowest BCUT2D eigenvalue weighted by atomic mass is 10.1. The minimum absolute atomic E-state index is 0.0451. The Labute approximate surface area is 202 Å². The van der Waals surface area contributed by atoms with Crippen LogP contribution in [0.5, 0.6) is 0 Å². The Morgan fingerprint density at radius 2 is 1.76 bits per heavy atom. The maximum atomic E-state index is 13.0. The van der Waals surface area contributed by atoms with Crippen molar-refractivity contribution in [3.05, 3.63) is 58.9 Å². The van der Waals surface area contributed by atoms with Crippen LogP contribution < -0.4 is 10.2 Å². The van der Waals surface area contributed by atoms with Crippen molar-refractivity contribution in [3.8, 4) is 0 Å². The molecule has 5 rings (SSSR count). The zero-order valence-corrected chi connectivity index (χ0v) is 19.7. The van der Waals surface area contributed by atoms with Crippen molar-refractivity contribution in [2.75, 3.05) is 36.4 Å². The topological polar surface area (TPSA) is 87.5 Å². The fourth-order valence-corrected chi connectivity index (χ4v) is 4.89. The molecule has 3 aromatic rings. The molecule has 174 valence electrons. The smallest absolute Gasteiger partial charge is 0.257 e. The number of carbonyl (C=O) groups excluding carboxylic acids is 3. The first-order valence-corrected chi connectivity index (χ1v) is 11.8. The SMILES string of the molecule is CC(=O)c1ccc(N2CCN(C(=O)CCC3Nc4c5ccccc5nc(=S)n4C3=O)CC2)cc1. The third-order valence-electron chi connectivity index (χ3n) is 6.54. The van der Waals surface area contributed by atoms with Crippen molar-refractivity contribution in [1.82, 2.24) is 14.5 Å². The number of para-hydroxylation sites is 1. The van der Waals surface area contributed by atoms with Crippen LogP contribution in [0.15, 0.2) is 48.5 Å². The van der Waals surface area contributed by atoms with Gasteiger partial charge in [-0.25, -0.2) is 9.55 Å². The number of amides is 1. The predicted molar refractivity (Wildman–Crippen MR) is 133 cm³/mol. The number of hydrogen-bond acceptors (Lipinski definition) is 7. The number of rotatable bonds is 5. The lowest BCUT2D eigenvalue weighted by Crippen LogP contribution is -2.49. The van der Waals surface area contributed by atoms with Gasteiger partial charge in [0.2, 0.25) is 10.7 Å². The largest absolute Gasteiger partial charge is 0.368 e. The number of Topliss-reactive ketones (excluding diaryl/α,β-unsaturated/α-hetero) is 1. The second-order valence-corrected chi connectivity index (χ2v) is 9.01. The highest BCUT2D eigenvalue weighted by atomic mass is 32.1. The average Bonchev–Trinajstić information content (AvgIpc) is 3.19. The molecule has 8 nitrogen and oxygen atoms in total. The quantitative estimate of drug-likeness (QED) is 0.446. The summed E-state index contributed by atoms with van der Waals surface area (Å²) in [5.41, 5.74) is 2.48. The van der Waals surface area contributed by atoms with E-state index in [4.69, 9.17) is 12.2 Å². The molecule has 2 aromatic carbocycles. The van der Waals surface area contributed by atoms with Crippen molar-refractivity contribution in [3.63, 3.8) is 0 Å². The third-order valence-corrected chi connectivity index (χ3v) is 6.81. The maximum absolute atomic E-state index is 13.0. The summed E-state index contributed by atoms with van der Waals surface area (Å²) in [6.07, 6.45) is 0.679. The summed E-state index contributed by atoms with van der Waals surface area (Å²) in [6, 6.07) is 14.6. The molecule has 0 bridgehead atoms. The molecule has 1 atom stereocenters. The molecule has 34 heavy (non-hydrogen) atoms. The van der Waals surface area contributed by atoms with Crippen LogP contribution in [0.25, 0.3) is 10.9 Å². The zero-order chi connectivity index (χ0) is 23.8. The Kier molecular flexibility index (Phi) is 5.87. The van der Waals surface area contributed by atoms with E-state index in [1.54, 1.807) is 6.92 Å². The van der Waals surface area contributed by atoms with Gasteiger partial charge in [-0.2, -0.15) is 0 Å². The van der Waals surface area contributed by atoms with Crippen LogP contribution in [0.4, 0.5) is 11.5 Å². The Balaban J connectivity index is 1.18. The lowest BCUT2D eigenvalue weighted by molar-refractivity contribution is -0.131. The fraction of sp³-hybridized carbons (Fsp3) is 0.320. The summed E-state index contributed by atoms with van der Waals surface area (Å²) in [7, 11) is 0. The van der Waals surface area contributed by atoms with Gasteiger partial charge in [0.15, 0.2) is 5.78 Å². The molecule has 3 heterocycles. The van der Waals surface area contributed by atoms with E-state index >= 15 is 0 Å². The van der Waals surface area contributed by atoms with E-state index in [9.17, 15) is 14.4 Å². The van der Waals surface area contributed by atoms with Gasteiger partial charge >= 0.3 is 0 Å². The number of fused-ring (bicyclic) bond motifs is 3. The fourth-order valence-electron chi connectivity index (χ4n) is 4.61. The van der Waals surface area contributed by atoms with E-state index in [2.05, 4.69) is 15.2 Å². The first-order valence-electron chi connectivity index (χ1n) is 11.4. The van der Waals surface area contributed by atoms with Gasteiger partial charge in [0.05, 0.1) is 5.52 Å². The molecule has 1 N–H and O–H groups in total. The van der Waals surface area contributed by atoms with Crippen molar-refractivity contribution in [2.24, 2.45) is 0 Å². The molecule has 1 saturated heterocycles. The van der Waals surface area contributed by atoms with E-state index < -0.39 is 6.04 Å². The summed E-state index contributed by atoms with van der Waals surface area (Å²) < 4.78 is 1.68. The molecule has 1 unspecified atom stereocenters.